The molecule has 0 aliphatic carbocycles. The van der Waals surface area contributed by atoms with Crippen molar-refractivity contribution in [3.05, 3.63) is 69.6 Å². The second-order valence-corrected chi connectivity index (χ2v) is 8.45. The number of thioether (sulfide) groups is 1. The van der Waals surface area contributed by atoms with E-state index in [0.29, 0.717) is 44.9 Å². The maximum Gasteiger partial charge on any atom is 0.335 e. The molecule has 1 aliphatic rings. The number of aliphatic imine (C=N–C) groups is 1. The summed E-state index contributed by atoms with van der Waals surface area (Å²) >= 11 is 4.75. The van der Waals surface area contributed by atoms with Crippen molar-refractivity contribution in [1.82, 2.24) is 4.90 Å². The van der Waals surface area contributed by atoms with Crippen LogP contribution in [-0.4, -0.2) is 47.3 Å². The molecule has 1 amide bonds. The predicted octanol–water partition coefficient (Wildman–Crippen LogP) is 5.34. The third-order valence-corrected chi connectivity index (χ3v) is 5.97. The summed E-state index contributed by atoms with van der Waals surface area (Å²) in [6.07, 6.45) is 3.42. The smallest absolute Gasteiger partial charge is 0.335 e. The van der Waals surface area contributed by atoms with Gasteiger partial charge in [-0.3, -0.25) is 9.69 Å². The normalized spacial score (nSPS) is 16.0. The highest BCUT2D eigenvalue weighted by Crippen LogP contribution is 2.39. The molecular formula is C23H21BrN2O5S. The number of carboxylic acid groups (broad SMARTS) is 1. The van der Waals surface area contributed by atoms with E-state index in [0.717, 1.165) is 5.56 Å². The molecule has 166 valence electrons. The Labute approximate surface area is 198 Å². The Morgan fingerprint density at radius 3 is 2.62 bits per heavy atom. The van der Waals surface area contributed by atoms with Crippen molar-refractivity contribution < 1.29 is 24.2 Å². The largest absolute Gasteiger partial charge is 0.490 e. The zero-order chi connectivity index (χ0) is 23.3. The van der Waals surface area contributed by atoms with E-state index < -0.39 is 5.97 Å². The Balaban J connectivity index is 1.89. The van der Waals surface area contributed by atoms with Crippen LogP contribution in [0.5, 0.6) is 11.5 Å². The zero-order valence-electron chi connectivity index (χ0n) is 17.5. The van der Waals surface area contributed by atoms with Gasteiger partial charge in [0.15, 0.2) is 16.7 Å². The molecule has 0 aromatic heterocycles. The minimum absolute atomic E-state index is 0.175. The first-order chi connectivity index (χ1) is 15.3. The lowest BCUT2D eigenvalue weighted by Gasteiger charge is -2.13. The number of carbonyl (C=O) groups is 2. The number of amidine groups is 1. The van der Waals surface area contributed by atoms with Gasteiger partial charge in [0, 0.05) is 7.05 Å². The molecule has 0 saturated carbocycles. The third kappa shape index (κ3) is 5.41. The van der Waals surface area contributed by atoms with Gasteiger partial charge in [-0.25, -0.2) is 9.79 Å². The molecule has 0 spiro atoms. The van der Waals surface area contributed by atoms with E-state index in [4.69, 9.17) is 14.6 Å². The molecule has 32 heavy (non-hydrogen) atoms. The number of benzene rings is 2. The summed E-state index contributed by atoms with van der Waals surface area (Å²) in [4.78, 5) is 30.2. The SMILES string of the molecule is C=CCOc1c(Br)cc(C=C2SC(=Nc3ccc(C(=O)O)cc3)N(C)C2=O)cc1OCC. The molecule has 1 fully saturated rings. The van der Waals surface area contributed by atoms with Crippen LogP contribution >= 0.6 is 27.7 Å². The van der Waals surface area contributed by atoms with Gasteiger partial charge in [0.25, 0.3) is 5.91 Å². The highest BCUT2D eigenvalue weighted by molar-refractivity contribution is 9.10. The second-order valence-electron chi connectivity index (χ2n) is 6.58. The minimum Gasteiger partial charge on any atom is -0.490 e. The molecule has 0 atom stereocenters. The maximum atomic E-state index is 12.8. The average Bonchev–Trinajstić information content (AvgIpc) is 3.01. The van der Waals surface area contributed by atoms with Crippen LogP contribution in [0.25, 0.3) is 6.08 Å². The first-order valence-corrected chi connectivity index (χ1v) is 11.2. The van der Waals surface area contributed by atoms with Crippen LogP contribution in [0, 0.1) is 0 Å². The first-order valence-electron chi connectivity index (χ1n) is 9.63. The number of rotatable bonds is 8. The number of hydrogen-bond acceptors (Lipinski definition) is 6. The molecule has 1 aliphatic heterocycles. The minimum atomic E-state index is -1.00. The number of carbonyl (C=O) groups excluding carboxylic acids is 1. The molecule has 3 rings (SSSR count). The van der Waals surface area contributed by atoms with E-state index in [1.165, 1.54) is 28.8 Å². The van der Waals surface area contributed by atoms with Gasteiger partial charge in [-0.15, -0.1) is 0 Å². The maximum absolute atomic E-state index is 12.8. The summed E-state index contributed by atoms with van der Waals surface area (Å²) in [5, 5.41) is 9.52. The summed E-state index contributed by atoms with van der Waals surface area (Å²) in [6.45, 7) is 6.34. The van der Waals surface area contributed by atoms with Crippen molar-refractivity contribution in [3.8, 4) is 11.5 Å². The van der Waals surface area contributed by atoms with Gasteiger partial charge in [0.2, 0.25) is 0 Å². The fourth-order valence-electron chi connectivity index (χ4n) is 2.81. The quantitative estimate of drug-likeness (QED) is 0.376. The van der Waals surface area contributed by atoms with Crippen LogP contribution in [0.4, 0.5) is 5.69 Å². The highest BCUT2D eigenvalue weighted by atomic mass is 79.9. The van der Waals surface area contributed by atoms with Crippen LogP contribution in [0.15, 0.2) is 63.4 Å². The molecule has 1 N–H and O–H groups in total. The van der Waals surface area contributed by atoms with Gasteiger partial charge in [-0.2, -0.15) is 0 Å². The average molecular weight is 517 g/mol. The van der Waals surface area contributed by atoms with Crippen LogP contribution in [-0.2, 0) is 4.79 Å². The molecule has 1 heterocycles. The molecule has 2 aromatic carbocycles. The summed E-state index contributed by atoms with van der Waals surface area (Å²) in [5.74, 6) is -0.0531. The number of ether oxygens (including phenoxy) is 2. The standard InChI is InChI=1S/C23H21BrN2O5S/c1-4-10-31-20-17(24)11-14(12-18(20)30-5-2)13-19-21(27)26(3)23(32-19)25-16-8-6-15(7-9-16)22(28)29/h4,6-9,11-13H,1,5,10H2,2-3H3,(H,28,29). The number of likely N-dealkylation sites (N-methyl/N-ethyl adjacent to an activating group) is 1. The van der Waals surface area contributed by atoms with E-state index in [-0.39, 0.29) is 11.5 Å². The van der Waals surface area contributed by atoms with Gasteiger partial charge < -0.3 is 14.6 Å². The first kappa shape index (κ1) is 23.6. The number of hydrogen-bond donors (Lipinski definition) is 1. The van der Waals surface area contributed by atoms with Crippen molar-refractivity contribution in [2.24, 2.45) is 4.99 Å². The molecule has 0 unspecified atom stereocenters. The van der Waals surface area contributed by atoms with Crippen molar-refractivity contribution in [2.45, 2.75) is 6.92 Å². The lowest BCUT2D eigenvalue weighted by atomic mass is 10.2. The molecule has 1 saturated heterocycles. The van der Waals surface area contributed by atoms with Crippen LogP contribution in [0.2, 0.25) is 0 Å². The van der Waals surface area contributed by atoms with E-state index in [1.54, 1.807) is 31.3 Å². The number of amides is 1. The Hall–Kier alpha value is -3.04. The Bertz CT molecular complexity index is 1110. The molecule has 0 radical (unpaired) electrons. The molecular weight excluding hydrogens is 496 g/mol. The van der Waals surface area contributed by atoms with Gasteiger partial charge in [-0.05, 0) is 82.7 Å². The van der Waals surface area contributed by atoms with Crippen molar-refractivity contribution in [1.29, 1.82) is 0 Å². The Morgan fingerprint density at radius 2 is 2.00 bits per heavy atom. The van der Waals surface area contributed by atoms with Crippen molar-refractivity contribution in [3.63, 3.8) is 0 Å². The number of nitrogens with zero attached hydrogens (tertiary/aromatic N) is 2. The van der Waals surface area contributed by atoms with Crippen LogP contribution in [0.1, 0.15) is 22.8 Å². The summed E-state index contributed by atoms with van der Waals surface area (Å²) < 4.78 is 12.1. The molecule has 2 aromatic rings. The Kier molecular flexibility index (Phi) is 7.76. The van der Waals surface area contributed by atoms with E-state index in [9.17, 15) is 9.59 Å². The van der Waals surface area contributed by atoms with Crippen LogP contribution in [0.3, 0.4) is 0 Å². The van der Waals surface area contributed by atoms with Gasteiger partial charge in [-0.1, -0.05) is 12.7 Å². The van der Waals surface area contributed by atoms with E-state index >= 15 is 0 Å². The van der Waals surface area contributed by atoms with Crippen molar-refractivity contribution in [2.75, 3.05) is 20.3 Å². The molecule has 9 heteroatoms. The van der Waals surface area contributed by atoms with Gasteiger partial charge >= 0.3 is 5.97 Å². The number of halogens is 1. The molecule has 7 nitrogen and oxygen atoms in total. The lowest BCUT2D eigenvalue weighted by molar-refractivity contribution is -0.121. The number of aromatic carboxylic acids is 1. The van der Waals surface area contributed by atoms with Crippen LogP contribution < -0.4 is 9.47 Å². The lowest BCUT2D eigenvalue weighted by Crippen LogP contribution is -2.23. The topological polar surface area (TPSA) is 88.4 Å². The van der Waals surface area contributed by atoms with Gasteiger partial charge in [0.05, 0.1) is 27.2 Å². The zero-order valence-corrected chi connectivity index (χ0v) is 19.9. The fraction of sp³-hybridized carbons (Fsp3) is 0.174. The monoisotopic (exact) mass is 516 g/mol. The van der Waals surface area contributed by atoms with Crippen molar-refractivity contribution >= 4 is 56.5 Å². The van der Waals surface area contributed by atoms with E-state index in [2.05, 4.69) is 27.5 Å². The summed E-state index contributed by atoms with van der Waals surface area (Å²) in [5.41, 5.74) is 1.50. The summed E-state index contributed by atoms with van der Waals surface area (Å²) in [7, 11) is 1.65. The fourth-order valence-corrected chi connectivity index (χ4v) is 4.37. The summed E-state index contributed by atoms with van der Waals surface area (Å²) in [6, 6.07) is 9.81. The number of carboxylic acids is 1. The third-order valence-electron chi connectivity index (χ3n) is 4.32. The second kappa shape index (κ2) is 10.5. The predicted molar refractivity (Wildman–Crippen MR) is 130 cm³/mol. The van der Waals surface area contributed by atoms with E-state index in [1.807, 2.05) is 19.1 Å². The molecule has 0 bridgehead atoms. The van der Waals surface area contributed by atoms with Gasteiger partial charge in [0.1, 0.15) is 6.61 Å². The Morgan fingerprint density at radius 1 is 1.28 bits per heavy atom. The highest BCUT2D eigenvalue weighted by Gasteiger charge is 2.30.